The summed E-state index contributed by atoms with van der Waals surface area (Å²) in [4.78, 5) is 16.6. The Morgan fingerprint density at radius 2 is 1.92 bits per heavy atom. The number of rotatable bonds is 3. The molecule has 2 heterocycles. The van der Waals surface area contributed by atoms with Crippen LogP contribution >= 0.6 is 0 Å². The van der Waals surface area contributed by atoms with Crippen LogP contribution in [0.1, 0.15) is 21.5 Å². The van der Waals surface area contributed by atoms with Gasteiger partial charge in [-0.2, -0.15) is 0 Å². The zero-order valence-corrected chi connectivity index (χ0v) is 14.1. The Morgan fingerprint density at radius 1 is 1.08 bits per heavy atom. The number of benzene rings is 2. The maximum atomic E-state index is 13.3. The zero-order valence-electron chi connectivity index (χ0n) is 14.1. The first-order chi connectivity index (χ1) is 12.2. The number of halogens is 1. The first-order valence-electron chi connectivity index (χ1n) is 8.71. The number of hydrogen-bond donors (Lipinski definition) is 0. The summed E-state index contributed by atoms with van der Waals surface area (Å²) in [5, 5.41) is 0. The summed E-state index contributed by atoms with van der Waals surface area (Å²) >= 11 is 0. The highest BCUT2D eigenvalue weighted by Crippen LogP contribution is 2.26. The number of fused-ring (bicyclic) bond motifs is 1. The lowest BCUT2D eigenvalue weighted by Crippen LogP contribution is -2.48. The molecule has 0 spiro atoms. The number of nitrogens with zero attached hydrogens (tertiary/aromatic N) is 2. The maximum absolute atomic E-state index is 13.3. The van der Waals surface area contributed by atoms with Gasteiger partial charge in [0, 0.05) is 44.7 Å². The second kappa shape index (κ2) is 6.84. The molecule has 1 amide bonds. The molecule has 0 N–H and O–H groups in total. The number of ether oxygens (including phenoxy) is 1. The number of piperazine rings is 1. The normalized spacial score (nSPS) is 17.2. The summed E-state index contributed by atoms with van der Waals surface area (Å²) in [5.41, 5.74) is 3.00. The third-order valence-electron chi connectivity index (χ3n) is 4.89. The van der Waals surface area contributed by atoms with Crippen LogP contribution < -0.4 is 4.74 Å². The van der Waals surface area contributed by atoms with Gasteiger partial charge in [-0.3, -0.25) is 9.69 Å². The summed E-state index contributed by atoms with van der Waals surface area (Å²) in [5.74, 6) is 0.549. The molecule has 130 valence electrons. The molecular formula is C20H21FN2O2. The monoisotopic (exact) mass is 340 g/mol. The fourth-order valence-electron chi connectivity index (χ4n) is 3.51. The summed E-state index contributed by atoms with van der Waals surface area (Å²) in [6, 6.07) is 12.3. The van der Waals surface area contributed by atoms with E-state index < -0.39 is 0 Å². The predicted octanol–water partition coefficient (Wildman–Crippen LogP) is 2.72. The highest BCUT2D eigenvalue weighted by Gasteiger charge is 2.23. The van der Waals surface area contributed by atoms with Crippen LogP contribution in [-0.4, -0.2) is 48.5 Å². The van der Waals surface area contributed by atoms with Gasteiger partial charge < -0.3 is 9.64 Å². The minimum absolute atomic E-state index is 0.0890. The molecule has 25 heavy (non-hydrogen) atoms. The van der Waals surface area contributed by atoms with E-state index in [1.54, 1.807) is 12.1 Å². The van der Waals surface area contributed by atoms with E-state index in [4.69, 9.17) is 4.74 Å². The lowest BCUT2D eigenvalue weighted by atomic mass is 10.1. The Morgan fingerprint density at radius 3 is 2.72 bits per heavy atom. The lowest BCUT2D eigenvalue weighted by Gasteiger charge is -2.34. The summed E-state index contributed by atoms with van der Waals surface area (Å²) in [6.45, 7) is 4.66. The number of carbonyl (C=O) groups is 1. The van der Waals surface area contributed by atoms with Gasteiger partial charge in [-0.05, 0) is 35.4 Å². The van der Waals surface area contributed by atoms with Crippen molar-refractivity contribution in [3.63, 3.8) is 0 Å². The SMILES string of the molecule is O=C(c1cccc(F)c1)N1CCN(Cc2ccc3c(c2)CCO3)CC1. The molecule has 0 radical (unpaired) electrons. The molecule has 2 aliphatic rings. The Balaban J connectivity index is 1.34. The molecule has 0 bridgehead atoms. The highest BCUT2D eigenvalue weighted by molar-refractivity contribution is 5.94. The van der Waals surface area contributed by atoms with Crippen LogP contribution in [0, 0.1) is 5.82 Å². The topological polar surface area (TPSA) is 32.8 Å². The van der Waals surface area contributed by atoms with Crippen LogP contribution in [0.2, 0.25) is 0 Å². The van der Waals surface area contributed by atoms with Crippen molar-refractivity contribution < 1.29 is 13.9 Å². The van der Waals surface area contributed by atoms with E-state index in [0.717, 1.165) is 38.4 Å². The fourth-order valence-corrected chi connectivity index (χ4v) is 3.51. The smallest absolute Gasteiger partial charge is 0.254 e. The quantitative estimate of drug-likeness (QED) is 0.861. The first-order valence-corrected chi connectivity index (χ1v) is 8.71. The van der Waals surface area contributed by atoms with Crippen LogP contribution in [0.4, 0.5) is 4.39 Å². The Kier molecular flexibility index (Phi) is 4.40. The van der Waals surface area contributed by atoms with Gasteiger partial charge in [0.25, 0.3) is 5.91 Å². The van der Waals surface area contributed by atoms with Crippen LogP contribution in [0.3, 0.4) is 0 Å². The van der Waals surface area contributed by atoms with Gasteiger partial charge in [0.15, 0.2) is 0 Å². The minimum atomic E-state index is -0.370. The summed E-state index contributed by atoms with van der Waals surface area (Å²) in [6.07, 6.45) is 0.985. The van der Waals surface area contributed by atoms with Crippen LogP contribution in [0.25, 0.3) is 0 Å². The molecule has 2 aromatic carbocycles. The van der Waals surface area contributed by atoms with E-state index in [-0.39, 0.29) is 11.7 Å². The second-order valence-electron chi connectivity index (χ2n) is 6.62. The van der Waals surface area contributed by atoms with Gasteiger partial charge in [0.1, 0.15) is 11.6 Å². The molecule has 0 unspecified atom stereocenters. The highest BCUT2D eigenvalue weighted by atomic mass is 19.1. The number of hydrogen-bond acceptors (Lipinski definition) is 3. The van der Waals surface area contributed by atoms with E-state index in [2.05, 4.69) is 23.1 Å². The molecular weight excluding hydrogens is 319 g/mol. The number of carbonyl (C=O) groups excluding carboxylic acids is 1. The molecule has 5 heteroatoms. The molecule has 0 atom stereocenters. The molecule has 0 aromatic heterocycles. The minimum Gasteiger partial charge on any atom is -0.493 e. The van der Waals surface area contributed by atoms with Gasteiger partial charge in [0.05, 0.1) is 6.61 Å². The molecule has 0 aliphatic carbocycles. The second-order valence-corrected chi connectivity index (χ2v) is 6.62. The molecule has 2 aliphatic heterocycles. The van der Waals surface area contributed by atoms with Gasteiger partial charge in [-0.25, -0.2) is 4.39 Å². The van der Waals surface area contributed by atoms with Crippen LogP contribution in [0.15, 0.2) is 42.5 Å². The summed E-state index contributed by atoms with van der Waals surface area (Å²) < 4.78 is 18.9. The Bertz CT molecular complexity index is 785. The standard InChI is InChI=1S/C20H21FN2O2/c21-18-3-1-2-17(13-18)20(24)23-9-7-22(8-10-23)14-15-4-5-19-16(12-15)6-11-25-19/h1-5,12-13H,6-11,14H2. The average Bonchev–Trinajstić information content (AvgIpc) is 3.09. The lowest BCUT2D eigenvalue weighted by molar-refractivity contribution is 0.0628. The van der Waals surface area contributed by atoms with Crippen molar-refractivity contribution in [3.05, 3.63) is 65.0 Å². The first kappa shape index (κ1) is 16.1. The van der Waals surface area contributed by atoms with Crippen molar-refractivity contribution in [2.24, 2.45) is 0 Å². The average molecular weight is 340 g/mol. The molecule has 1 fully saturated rings. The van der Waals surface area contributed by atoms with E-state index in [1.165, 1.54) is 23.3 Å². The Hall–Kier alpha value is -2.40. The largest absolute Gasteiger partial charge is 0.493 e. The van der Waals surface area contributed by atoms with Gasteiger partial charge >= 0.3 is 0 Å². The zero-order chi connectivity index (χ0) is 17.2. The van der Waals surface area contributed by atoms with Gasteiger partial charge in [0.2, 0.25) is 0 Å². The van der Waals surface area contributed by atoms with Gasteiger partial charge in [-0.1, -0.05) is 18.2 Å². The summed E-state index contributed by atoms with van der Waals surface area (Å²) in [7, 11) is 0. The fraction of sp³-hybridized carbons (Fsp3) is 0.350. The van der Waals surface area contributed by atoms with Crippen molar-refractivity contribution in [3.8, 4) is 5.75 Å². The van der Waals surface area contributed by atoms with Crippen molar-refractivity contribution >= 4 is 5.91 Å². The molecule has 2 aromatic rings. The Labute approximate surface area is 146 Å². The van der Waals surface area contributed by atoms with Crippen molar-refractivity contribution in [2.75, 3.05) is 32.8 Å². The van der Waals surface area contributed by atoms with Crippen molar-refractivity contribution in [1.82, 2.24) is 9.80 Å². The predicted molar refractivity (Wildman–Crippen MR) is 93.2 cm³/mol. The number of amides is 1. The van der Waals surface area contributed by atoms with Gasteiger partial charge in [-0.15, -0.1) is 0 Å². The van der Waals surface area contributed by atoms with E-state index in [0.29, 0.717) is 18.7 Å². The third kappa shape index (κ3) is 3.51. The molecule has 1 saturated heterocycles. The molecule has 4 nitrogen and oxygen atoms in total. The molecule has 4 rings (SSSR count). The third-order valence-corrected chi connectivity index (χ3v) is 4.89. The van der Waals surface area contributed by atoms with Crippen LogP contribution in [0.5, 0.6) is 5.75 Å². The van der Waals surface area contributed by atoms with E-state index in [1.807, 2.05) is 4.90 Å². The van der Waals surface area contributed by atoms with E-state index in [9.17, 15) is 9.18 Å². The van der Waals surface area contributed by atoms with Crippen molar-refractivity contribution in [2.45, 2.75) is 13.0 Å². The van der Waals surface area contributed by atoms with Crippen LogP contribution in [-0.2, 0) is 13.0 Å². The molecule has 0 saturated carbocycles. The van der Waals surface area contributed by atoms with E-state index >= 15 is 0 Å². The maximum Gasteiger partial charge on any atom is 0.254 e. The van der Waals surface area contributed by atoms with Crippen molar-refractivity contribution in [1.29, 1.82) is 0 Å².